The van der Waals surface area contributed by atoms with Crippen LogP contribution in [-0.4, -0.2) is 48.6 Å². The van der Waals surface area contributed by atoms with E-state index in [-0.39, 0.29) is 0 Å². The zero-order valence-corrected chi connectivity index (χ0v) is 11.1. The van der Waals surface area contributed by atoms with Gasteiger partial charge >= 0.3 is 0 Å². The summed E-state index contributed by atoms with van der Waals surface area (Å²) in [5.74, 6) is 0.878. The lowest BCUT2D eigenvalue weighted by atomic mass is 10.0. The van der Waals surface area contributed by atoms with Crippen LogP contribution in [0.15, 0.2) is 0 Å². The number of hydrogen-bond acceptors (Lipinski definition) is 2. The van der Waals surface area contributed by atoms with Gasteiger partial charge in [-0.05, 0) is 57.8 Å². The highest BCUT2D eigenvalue weighted by atomic mass is 15.2. The van der Waals surface area contributed by atoms with Crippen LogP contribution in [0.3, 0.4) is 0 Å². The van der Waals surface area contributed by atoms with Gasteiger partial charge in [0.2, 0.25) is 0 Å². The minimum absolute atomic E-state index is 0.878. The summed E-state index contributed by atoms with van der Waals surface area (Å²) in [5, 5.41) is 0. The number of piperidine rings is 1. The maximum absolute atomic E-state index is 2.74. The van der Waals surface area contributed by atoms with Crippen LogP contribution in [-0.2, 0) is 0 Å². The maximum Gasteiger partial charge on any atom is 0.0120 e. The van der Waals surface area contributed by atoms with Crippen LogP contribution in [0.2, 0.25) is 0 Å². The molecule has 0 aromatic heterocycles. The Labute approximate surface area is 101 Å². The first-order chi connectivity index (χ1) is 7.79. The molecular formula is C14H28N2. The average molecular weight is 224 g/mol. The Morgan fingerprint density at radius 2 is 1.69 bits per heavy atom. The third-order valence-electron chi connectivity index (χ3n) is 4.48. The highest BCUT2D eigenvalue weighted by molar-refractivity contribution is 4.82. The second kappa shape index (κ2) is 6.02. The predicted octanol–water partition coefficient (Wildman–Crippen LogP) is 2.59. The zero-order valence-electron chi connectivity index (χ0n) is 11.1. The van der Waals surface area contributed by atoms with Crippen molar-refractivity contribution in [3.63, 3.8) is 0 Å². The van der Waals surface area contributed by atoms with Gasteiger partial charge in [-0.2, -0.15) is 0 Å². The van der Waals surface area contributed by atoms with E-state index in [1.807, 2.05) is 0 Å². The van der Waals surface area contributed by atoms with Crippen molar-refractivity contribution in [2.24, 2.45) is 5.92 Å². The summed E-state index contributed by atoms with van der Waals surface area (Å²) in [6.07, 6.45) is 7.03. The molecule has 0 saturated carbocycles. The van der Waals surface area contributed by atoms with Crippen LogP contribution in [0.1, 0.15) is 46.0 Å². The van der Waals surface area contributed by atoms with Crippen LogP contribution in [0.25, 0.3) is 0 Å². The van der Waals surface area contributed by atoms with Gasteiger partial charge in [-0.1, -0.05) is 20.3 Å². The van der Waals surface area contributed by atoms with E-state index >= 15 is 0 Å². The maximum atomic E-state index is 2.74. The number of nitrogens with zero attached hydrogens (tertiary/aromatic N) is 2. The third kappa shape index (κ3) is 3.21. The Kier molecular flexibility index (Phi) is 4.66. The summed E-state index contributed by atoms with van der Waals surface area (Å²) in [6.45, 7) is 11.4. The second-order valence-electron chi connectivity index (χ2n) is 5.79. The highest BCUT2D eigenvalue weighted by Gasteiger charge is 2.26. The van der Waals surface area contributed by atoms with Gasteiger partial charge in [0.15, 0.2) is 0 Å². The molecule has 2 heterocycles. The fraction of sp³-hybridized carbons (Fsp3) is 1.00. The van der Waals surface area contributed by atoms with Gasteiger partial charge in [-0.15, -0.1) is 0 Å². The molecule has 2 heteroatoms. The second-order valence-corrected chi connectivity index (χ2v) is 5.79. The smallest absolute Gasteiger partial charge is 0.0120 e. The van der Waals surface area contributed by atoms with Crippen molar-refractivity contribution in [2.75, 3.05) is 32.7 Å². The Bertz CT molecular complexity index is 191. The first kappa shape index (κ1) is 12.4. The summed E-state index contributed by atoms with van der Waals surface area (Å²) < 4.78 is 0. The van der Waals surface area contributed by atoms with E-state index in [0.717, 1.165) is 12.0 Å². The minimum Gasteiger partial charge on any atom is -0.303 e. The molecule has 2 fully saturated rings. The minimum atomic E-state index is 0.878. The van der Waals surface area contributed by atoms with Crippen LogP contribution >= 0.6 is 0 Å². The van der Waals surface area contributed by atoms with E-state index in [1.54, 1.807) is 0 Å². The Morgan fingerprint density at radius 3 is 2.25 bits per heavy atom. The summed E-state index contributed by atoms with van der Waals surface area (Å²) in [6, 6.07) is 0.913. The number of likely N-dealkylation sites (tertiary alicyclic amines) is 2. The van der Waals surface area contributed by atoms with Gasteiger partial charge in [0, 0.05) is 12.6 Å². The Morgan fingerprint density at radius 1 is 1.06 bits per heavy atom. The molecule has 94 valence electrons. The molecule has 2 rings (SSSR count). The van der Waals surface area contributed by atoms with E-state index in [1.165, 1.54) is 64.8 Å². The fourth-order valence-electron chi connectivity index (χ4n) is 3.14. The highest BCUT2D eigenvalue weighted by Crippen LogP contribution is 2.21. The fourth-order valence-corrected chi connectivity index (χ4v) is 3.14. The lowest BCUT2D eigenvalue weighted by Gasteiger charge is -2.37. The standard InChI is InChI=1S/C14H28N2/c1-3-13(2)12-15-10-6-14(7-11-15)16-8-4-5-9-16/h13-14H,3-12H2,1-2H3. The molecule has 0 bridgehead atoms. The Hall–Kier alpha value is -0.0800. The molecular weight excluding hydrogens is 196 g/mol. The van der Waals surface area contributed by atoms with Gasteiger partial charge in [0.1, 0.15) is 0 Å². The molecule has 0 aromatic carbocycles. The molecule has 1 unspecified atom stereocenters. The number of rotatable bonds is 4. The summed E-state index contributed by atoms with van der Waals surface area (Å²) in [4.78, 5) is 5.42. The molecule has 1 atom stereocenters. The molecule has 0 amide bonds. The van der Waals surface area contributed by atoms with Crippen molar-refractivity contribution >= 4 is 0 Å². The van der Waals surface area contributed by atoms with Crippen molar-refractivity contribution in [3.05, 3.63) is 0 Å². The number of hydrogen-bond donors (Lipinski definition) is 0. The van der Waals surface area contributed by atoms with Gasteiger partial charge < -0.3 is 9.80 Å². The quantitative estimate of drug-likeness (QED) is 0.724. The van der Waals surface area contributed by atoms with Crippen molar-refractivity contribution in [3.8, 4) is 0 Å². The molecule has 0 aliphatic carbocycles. The van der Waals surface area contributed by atoms with E-state index in [4.69, 9.17) is 0 Å². The van der Waals surface area contributed by atoms with Crippen LogP contribution < -0.4 is 0 Å². The molecule has 2 aliphatic rings. The molecule has 2 aliphatic heterocycles. The summed E-state index contributed by atoms with van der Waals surface area (Å²) in [7, 11) is 0. The van der Waals surface area contributed by atoms with Gasteiger partial charge in [0.25, 0.3) is 0 Å². The molecule has 2 nitrogen and oxygen atoms in total. The van der Waals surface area contributed by atoms with Crippen molar-refractivity contribution in [1.29, 1.82) is 0 Å². The molecule has 0 N–H and O–H groups in total. The van der Waals surface area contributed by atoms with E-state index in [0.29, 0.717) is 0 Å². The lowest BCUT2D eigenvalue weighted by molar-refractivity contribution is 0.116. The largest absolute Gasteiger partial charge is 0.303 e. The van der Waals surface area contributed by atoms with E-state index in [9.17, 15) is 0 Å². The Balaban J connectivity index is 1.69. The van der Waals surface area contributed by atoms with Gasteiger partial charge in [0.05, 0.1) is 0 Å². The van der Waals surface area contributed by atoms with Gasteiger partial charge in [-0.25, -0.2) is 0 Å². The summed E-state index contributed by atoms with van der Waals surface area (Å²) >= 11 is 0. The van der Waals surface area contributed by atoms with E-state index < -0.39 is 0 Å². The summed E-state index contributed by atoms with van der Waals surface area (Å²) in [5.41, 5.74) is 0. The van der Waals surface area contributed by atoms with Crippen molar-refractivity contribution < 1.29 is 0 Å². The average Bonchev–Trinajstić information content (AvgIpc) is 2.83. The lowest BCUT2D eigenvalue weighted by Crippen LogP contribution is -2.44. The monoisotopic (exact) mass is 224 g/mol. The molecule has 0 spiro atoms. The molecule has 16 heavy (non-hydrogen) atoms. The van der Waals surface area contributed by atoms with Crippen LogP contribution in [0.4, 0.5) is 0 Å². The third-order valence-corrected chi connectivity index (χ3v) is 4.48. The first-order valence-corrected chi connectivity index (χ1v) is 7.26. The SMILES string of the molecule is CCC(C)CN1CCC(N2CCCC2)CC1. The normalized spacial score (nSPS) is 27.4. The van der Waals surface area contributed by atoms with Crippen molar-refractivity contribution in [2.45, 2.75) is 52.0 Å². The van der Waals surface area contributed by atoms with Crippen LogP contribution in [0, 0.1) is 5.92 Å². The first-order valence-electron chi connectivity index (χ1n) is 7.26. The topological polar surface area (TPSA) is 6.48 Å². The zero-order chi connectivity index (χ0) is 11.4. The van der Waals surface area contributed by atoms with Crippen LogP contribution in [0.5, 0.6) is 0 Å². The van der Waals surface area contributed by atoms with E-state index in [2.05, 4.69) is 23.6 Å². The van der Waals surface area contributed by atoms with Gasteiger partial charge in [-0.3, -0.25) is 0 Å². The van der Waals surface area contributed by atoms with Crippen molar-refractivity contribution in [1.82, 2.24) is 9.80 Å². The predicted molar refractivity (Wildman–Crippen MR) is 69.7 cm³/mol. The molecule has 0 aromatic rings. The molecule has 2 saturated heterocycles. The molecule has 0 radical (unpaired) electrons.